The Hall–Kier alpha value is -6.40. The SMILES string of the molecule is COc1cc2c(cc1OCCCOc1cc3c(cc1OC)C(=O)N1CCC[C@H]1[C@H](O)N3C(=O)OCc1ccc(NC(=O)[C@H](C)NC(=O)[C@@H](N)C(C)C)cc1)N=C[C@@H]1CCCN1C2=O. The van der Waals surface area contributed by atoms with E-state index < -0.39 is 42.3 Å². The first-order chi connectivity index (χ1) is 30.3. The first-order valence-electron chi connectivity index (χ1n) is 21.2. The van der Waals surface area contributed by atoms with E-state index in [0.29, 0.717) is 66.4 Å². The van der Waals surface area contributed by atoms with Gasteiger partial charge in [0, 0.05) is 43.5 Å². The number of hydrogen-bond acceptors (Lipinski definition) is 13. The van der Waals surface area contributed by atoms with Crippen molar-refractivity contribution in [2.24, 2.45) is 16.6 Å². The molecule has 0 unspecified atom stereocenters. The molecule has 2 saturated heterocycles. The summed E-state index contributed by atoms with van der Waals surface area (Å²) >= 11 is 0. The number of fused-ring (bicyclic) bond motifs is 4. The molecule has 5 N–H and O–H groups in total. The Kier molecular flexibility index (Phi) is 13.7. The number of methoxy groups -OCH3 is 2. The van der Waals surface area contributed by atoms with Crippen LogP contribution < -0.4 is 40.2 Å². The van der Waals surface area contributed by atoms with E-state index in [1.165, 1.54) is 26.4 Å². The Morgan fingerprint density at radius 3 is 2.16 bits per heavy atom. The number of nitrogens with two attached hydrogens (primary N) is 1. The lowest BCUT2D eigenvalue weighted by molar-refractivity contribution is -0.127. The van der Waals surface area contributed by atoms with Crippen molar-refractivity contribution in [1.29, 1.82) is 0 Å². The second-order valence-electron chi connectivity index (χ2n) is 16.3. The molecule has 4 aliphatic heterocycles. The highest BCUT2D eigenvalue weighted by Gasteiger charge is 2.45. The predicted molar refractivity (Wildman–Crippen MR) is 232 cm³/mol. The van der Waals surface area contributed by atoms with E-state index in [-0.39, 0.29) is 66.3 Å². The number of benzene rings is 3. The van der Waals surface area contributed by atoms with Gasteiger partial charge in [-0.2, -0.15) is 0 Å². The molecule has 18 nitrogen and oxygen atoms in total. The number of anilines is 2. The number of aliphatic hydroxyl groups is 1. The van der Waals surface area contributed by atoms with Crippen molar-refractivity contribution in [3.8, 4) is 23.0 Å². The third-order valence-electron chi connectivity index (χ3n) is 11.8. The summed E-state index contributed by atoms with van der Waals surface area (Å²) in [5.41, 5.74) is 8.14. The molecule has 0 bridgehead atoms. The zero-order valence-electron chi connectivity index (χ0n) is 36.1. The molecule has 0 aliphatic carbocycles. The number of nitrogens with zero attached hydrogens (tertiary/aromatic N) is 4. The van der Waals surface area contributed by atoms with Gasteiger partial charge in [0.05, 0.1) is 68.1 Å². The normalized spacial score (nSPS) is 19.8. The van der Waals surface area contributed by atoms with Crippen molar-refractivity contribution >= 4 is 53.0 Å². The third-order valence-corrected chi connectivity index (χ3v) is 11.8. The number of amides is 5. The topological polar surface area (TPSA) is 224 Å². The van der Waals surface area contributed by atoms with Crippen molar-refractivity contribution in [2.75, 3.05) is 50.7 Å². The molecule has 4 heterocycles. The summed E-state index contributed by atoms with van der Waals surface area (Å²) in [6, 6.07) is 10.7. The number of aliphatic imine (C=N–C) groups is 1. The molecule has 0 spiro atoms. The maximum absolute atomic E-state index is 14.0. The molecule has 18 heteroatoms. The van der Waals surface area contributed by atoms with Gasteiger partial charge in [-0.3, -0.25) is 24.2 Å². The van der Waals surface area contributed by atoms with Crippen LogP contribution in [0.15, 0.2) is 53.5 Å². The van der Waals surface area contributed by atoms with Gasteiger partial charge in [-0.05, 0) is 68.4 Å². The summed E-state index contributed by atoms with van der Waals surface area (Å²) in [5, 5.41) is 17.1. The number of ether oxygens (including phenoxy) is 5. The minimum atomic E-state index is -1.43. The molecule has 4 aliphatic rings. The second kappa shape index (κ2) is 19.3. The van der Waals surface area contributed by atoms with Crippen LogP contribution in [-0.4, -0.2) is 122 Å². The third kappa shape index (κ3) is 9.51. The zero-order chi connectivity index (χ0) is 44.9. The molecular weight excluding hydrogens is 815 g/mol. The Bertz CT molecular complexity index is 2250. The smallest absolute Gasteiger partial charge is 0.416 e. The average Bonchev–Trinajstić information content (AvgIpc) is 3.94. The fourth-order valence-corrected chi connectivity index (χ4v) is 8.09. The molecule has 7 rings (SSSR count). The van der Waals surface area contributed by atoms with Crippen LogP contribution in [0.3, 0.4) is 0 Å². The second-order valence-corrected chi connectivity index (χ2v) is 16.3. The maximum atomic E-state index is 14.0. The number of hydrogen-bond donors (Lipinski definition) is 4. The Morgan fingerprint density at radius 1 is 0.841 bits per heavy atom. The molecule has 63 heavy (non-hydrogen) atoms. The maximum Gasteiger partial charge on any atom is 0.416 e. The Morgan fingerprint density at radius 2 is 1.48 bits per heavy atom. The zero-order valence-corrected chi connectivity index (χ0v) is 36.1. The Labute approximate surface area is 365 Å². The van der Waals surface area contributed by atoms with Crippen molar-refractivity contribution in [1.82, 2.24) is 15.1 Å². The van der Waals surface area contributed by atoms with E-state index in [9.17, 15) is 29.1 Å². The molecule has 0 radical (unpaired) electrons. The first-order valence-corrected chi connectivity index (χ1v) is 21.2. The lowest BCUT2D eigenvalue weighted by atomic mass is 10.0. The predicted octanol–water partition coefficient (Wildman–Crippen LogP) is 4.38. The van der Waals surface area contributed by atoms with Gasteiger partial charge < -0.3 is 55.0 Å². The molecule has 2 fully saturated rings. The number of nitrogens with one attached hydrogen (secondary N) is 2. The van der Waals surface area contributed by atoms with Crippen LogP contribution in [0.5, 0.6) is 23.0 Å². The van der Waals surface area contributed by atoms with E-state index in [1.807, 2.05) is 25.0 Å². The highest BCUT2D eigenvalue weighted by Crippen LogP contribution is 2.42. The standard InChI is InChI=1S/C45H55N7O11/c1-25(2)39(46)41(54)48-26(3)40(53)49-28-13-11-27(12-14-28)24-63-45(58)52-34-22-38(36(60-5)20-31(34)43(56)51-16-7-10-33(51)44(52)57)62-18-8-17-61-37-21-32-30(19-35(37)59-4)42(55)50-15-6-9-29(50)23-47-32/h11-14,19-23,25-26,29,33,39,44,57H,6-10,15-18,24,46H2,1-5H3,(H,48,54)(H,49,53)/t26-,29-,33-,39-,44-/m0/s1. The van der Waals surface area contributed by atoms with Crippen LogP contribution in [-0.2, 0) is 20.9 Å². The monoisotopic (exact) mass is 869 g/mol. The van der Waals surface area contributed by atoms with Gasteiger partial charge in [0.15, 0.2) is 29.2 Å². The van der Waals surface area contributed by atoms with E-state index in [0.717, 1.165) is 17.7 Å². The lowest BCUT2D eigenvalue weighted by Gasteiger charge is -2.31. The minimum Gasteiger partial charge on any atom is -0.493 e. The minimum absolute atomic E-state index is 0.0281. The Balaban J connectivity index is 1.01. The van der Waals surface area contributed by atoms with Crippen molar-refractivity contribution < 1.29 is 52.8 Å². The molecule has 5 atom stereocenters. The number of rotatable bonds is 15. The van der Waals surface area contributed by atoms with Crippen LogP contribution >= 0.6 is 0 Å². The number of carbonyl (C=O) groups excluding carboxylic acids is 5. The van der Waals surface area contributed by atoms with Gasteiger partial charge in [0.25, 0.3) is 11.8 Å². The molecule has 0 saturated carbocycles. The highest BCUT2D eigenvalue weighted by molar-refractivity contribution is 6.06. The fourth-order valence-electron chi connectivity index (χ4n) is 8.09. The van der Waals surface area contributed by atoms with Crippen molar-refractivity contribution in [2.45, 2.75) is 89.9 Å². The van der Waals surface area contributed by atoms with Crippen LogP contribution in [0.4, 0.5) is 21.9 Å². The highest BCUT2D eigenvalue weighted by atomic mass is 16.6. The summed E-state index contributed by atoms with van der Waals surface area (Å²) in [5.74, 6) is -0.0991. The number of aliphatic hydroxyl groups excluding tert-OH is 1. The summed E-state index contributed by atoms with van der Waals surface area (Å²) in [6.45, 7) is 6.44. The van der Waals surface area contributed by atoms with E-state index in [2.05, 4.69) is 15.6 Å². The molecule has 0 aromatic heterocycles. The summed E-state index contributed by atoms with van der Waals surface area (Å²) in [4.78, 5) is 75.3. The van der Waals surface area contributed by atoms with Crippen LogP contribution in [0.1, 0.15) is 79.2 Å². The summed E-state index contributed by atoms with van der Waals surface area (Å²) < 4.78 is 29.2. The fraction of sp³-hybridized carbons (Fsp3) is 0.467. The molecule has 336 valence electrons. The van der Waals surface area contributed by atoms with Crippen molar-refractivity contribution in [3.63, 3.8) is 0 Å². The molecule has 3 aromatic carbocycles. The average molecular weight is 870 g/mol. The quantitative estimate of drug-likeness (QED) is 0.156. The summed E-state index contributed by atoms with van der Waals surface area (Å²) in [7, 11) is 2.95. The van der Waals surface area contributed by atoms with Crippen LogP contribution in [0.25, 0.3) is 0 Å². The lowest BCUT2D eigenvalue weighted by Crippen LogP contribution is -2.50. The van der Waals surface area contributed by atoms with Gasteiger partial charge >= 0.3 is 6.09 Å². The van der Waals surface area contributed by atoms with E-state index in [1.54, 1.807) is 48.2 Å². The number of carbonyl (C=O) groups is 5. The molecule has 3 aromatic rings. The van der Waals surface area contributed by atoms with E-state index >= 15 is 0 Å². The summed E-state index contributed by atoms with van der Waals surface area (Å²) in [6.07, 6.45) is 2.81. The van der Waals surface area contributed by atoms with Crippen LogP contribution in [0.2, 0.25) is 0 Å². The van der Waals surface area contributed by atoms with Crippen molar-refractivity contribution in [3.05, 3.63) is 65.2 Å². The van der Waals surface area contributed by atoms with Gasteiger partial charge in [-0.15, -0.1) is 0 Å². The van der Waals surface area contributed by atoms with Gasteiger partial charge in [-0.1, -0.05) is 26.0 Å². The van der Waals surface area contributed by atoms with Gasteiger partial charge in [-0.25, -0.2) is 9.69 Å². The molecule has 5 amide bonds. The van der Waals surface area contributed by atoms with E-state index in [4.69, 9.17) is 29.4 Å². The molecular formula is C45H55N7O11. The van der Waals surface area contributed by atoms with Gasteiger partial charge in [0.1, 0.15) is 12.6 Å². The van der Waals surface area contributed by atoms with Crippen LogP contribution in [0, 0.1) is 5.92 Å². The largest absolute Gasteiger partial charge is 0.493 e. The first kappa shape index (κ1) is 44.6. The van der Waals surface area contributed by atoms with Gasteiger partial charge in [0.2, 0.25) is 11.8 Å².